The lowest BCUT2D eigenvalue weighted by molar-refractivity contribution is -0.136. The molecule has 10 heteroatoms. The van der Waals surface area contributed by atoms with Gasteiger partial charge in [0.25, 0.3) is 5.91 Å². The Morgan fingerprint density at radius 3 is 2.67 bits per heavy atom. The summed E-state index contributed by atoms with van der Waals surface area (Å²) in [5.74, 6) is 0.817. The number of carbonyl (C=O) groups excluding carboxylic acids is 3. The molecule has 0 spiro atoms. The summed E-state index contributed by atoms with van der Waals surface area (Å²) in [4.78, 5) is 43.4. The van der Waals surface area contributed by atoms with Crippen molar-refractivity contribution in [2.45, 2.75) is 57.3 Å². The summed E-state index contributed by atoms with van der Waals surface area (Å²) in [6, 6.07) is 13.5. The van der Waals surface area contributed by atoms with Crippen molar-refractivity contribution in [3.63, 3.8) is 0 Å². The number of ether oxygens (including phenoxy) is 3. The molecule has 0 aromatic heterocycles. The molecule has 3 saturated heterocycles. The first kappa shape index (κ1) is 28.6. The van der Waals surface area contributed by atoms with Crippen LogP contribution < -0.4 is 14.8 Å². The number of piperidine rings is 2. The van der Waals surface area contributed by atoms with Gasteiger partial charge >= 0.3 is 0 Å². The van der Waals surface area contributed by atoms with Crippen molar-refractivity contribution in [3.8, 4) is 11.5 Å². The Labute approximate surface area is 246 Å². The molecular formula is C32H40N4O6. The summed E-state index contributed by atoms with van der Waals surface area (Å²) in [6.07, 6.45) is 3.99. The van der Waals surface area contributed by atoms with E-state index < -0.39 is 11.9 Å². The zero-order chi connectivity index (χ0) is 28.9. The molecule has 3 amide bonds. The van der Waals surface area contributed by atoms with E-state index in [0.29, 0.717) is 31.7 Å². The summed E-state index contributed by atoms with van der Waals surface area (Å²) >= 11 is 0. The van der Waals surface area contributed by atoms with Crippen molar-refractivity contribution in [1.29, 1.82) is 0 Å². The van der Waals surface area contributed by atoms with Crippen LogP contribution in [0.15, 0.2) is 42.5 Å². The zero-order valence-electron chi connectivity index (χ0n) is 24.1. The average Bonchev–Trinajstić information content (AvgIpc) is 3.33. The fourth-order valence-electron chi connectivity index (χ4n) is 6.39. The van der Waals surface area contributed by atoms with E-state index in [1.807, 2.05) is 18.2 Å². The molecule has 4 aliphatic rings. The topological polar surface area (TPSA) is 101 Å². The van der Waals surface area contributed by atoms with Gasteiger partial charge < -0.3 is 19.1 Å². The summed E-state index contributed by atoms with van der Waals surface area (Å²) in [7, 11) is 0. The number of benzene rings is 2. The van der Waals surface area contributed by atoms with Crippen LogP contribution in [0.5, 0.6) is 11.5 Å². The second-order valence-electron chi connectivity index (χ2n) is 11.6. The van der Waals surface area contributed by atoms with Crippen LogP contribution in [-0.4, -0.2) is 97.1 Å². The van der Waals surface area contributed by atoms with Gasteiger partial charge in [0.15, 0.2) is 0 Å². The lowest BCUT2D eigenvalue weighted by Crippen LogP contribution is -2.52. The number of fused-ring (bicyclic) bond motifs is 1. The molecule has 0 radical (unpaired) electrons. The van der Waals surface area contributed by atoms with Crippen LogP contribution >= 0.6 is 0 Å². The second-order valence-corrected chi connectivity index (χ2v) is 11.6. The number of para-hydroxylation sites is 1. The number of rotatable bonds is 10. The van der Waals surface area contributed by atoms with E-state index in [-0.39, 0.29) is 24.3 Å². The molecule has 3 fully saturated rings. The van der Waals surface area contributed by atoms with E-state index in [1.54, 1.807) is 11.0 Å². The third-order valence-corrected chi connectivity index (χ3v) is 8.80. The number of carbonyl (C=O) groups is 3. The molecule has 0 bridgehead atoms. The maximum Gasteiger partial charge on any atom is 0.255 e. The number of likely N-dealkylation sites (tertiary alicyclic amines) is 1. The molecule has 4 heterocycles. The van der Waals surface area contributed by atoms with E-state index in [1.165, 1.54) is 12.0 Å². The van der Waals surface area contributed by atoms with Crippen molar-refractivity contribution in [3.05, 3.63) is 59.2 Å². The Balaban J connectivity index is 1.05. The van der Waals surface area contributed by atoms with E-state index in [9.17, 15) is 14.4 Å². The van der Waals surface area contributed by atoms with Crippen LogP contribution in [0, 0.1) is 0 Å². The minimum atomic E-state index is -0.617. The molecule has 1 unspecified atom stereocenters. The van der Waals surface area contributed by atoms with Gasteiger partial charge in [-0.1, -0.05) is 24.6 Å². The molecule has 0 saturated carbocycles. The Morgan fingerprint density at radius 2 is 1.81 bits per heavy atom. The van der Waals surface area contributed by atoms with Gasteiger partial charge in [0.2, 0.25) is 11.8 Å². The molecule has 1 N–H and O–H groups in total. The van der Waals surface area contributed by atoms with E-state index in [4.69, 9.17) is 14.2 Å². The monoisotopic (exact) mass is 576 g/mol. The smallest absolute Gasteiger partial charge is 0.255 e. The molecule has 0 aliphatic carbocycles. The largest absolute Gasteiger partial charge is 0.492 e. The van der Waals surface area contributed by atoms with Gasteiger partial charge in [-0.3, -0.25) is 29.5 Å². The molecule has 10 nitrogen and oxygen atoms in total. The summed E-state index contributed by atoms with van der Waals surface area (Å²) in [5.41, 5.74) is 2.64. The number of nitrogens with zero attached hydrogens (tertiary/aromatic N) is 3. The minimum absolute atomic E-state index is 0.171. The van der Waals surface area contributed by atoms with E-state index in [2.05, 4.69) is 33.3 Å². The second kappa shape index (κ2) is 13.2. The lowest BCUT2D eigenvalue weighted by Gasteiger charge is -2.36. The highest BCUT2D eigenvalue weighted by Gasteiger charge is 2.39. The maximum absolute atomic E-state index is 13.0. The van der Waals surface area contributed by atoms with Crippen molar-refractivity contribution >= 4 is 17.7 Å². The summed E-state index contributed by atoms with van der Waals surface area (Å²) < 4.78 is 18.0. The fraction of sp³-hybridized carbons (Fsp3) is 0.531. The Kier molecular flexibility index (Phi) is 9.02. The standard InChI is InChI=1S/C32H40N4O6/c37-30-11-10-28(31(38)33-30)36-21-24-19-26(8-9-27(24)32(36)39)42-22-25-6-3-4-12-35(25)20-23-5-1-2-7-29(23)41-18-15-34-13-16-40-17-14-34/h1-2,5,7-9,19,25,28H,3-4,6,10-18,20-22H2,(H,33,37,38)/t25-,28?/m1/s1. The highest BCUT2D eigenvalue weighted by atomic mass is 16.5. The number of imide groups is 1. The third-order valence-electron chi connectivity index (χ3n) is 8.80. The third kappa shape index (κ3) is 6.61. The fourth-order valence-corrected chi connectivity index (χ4v) is 6.39. The highest BCUT2D eigenvalue weighted by Crippen LogP contribution is 2.31. The molecule has 224 valence electrons. The lowest BCUT2D eigenvalue weighted by atomic mass is 10.0. The molecule has 2 aromatic carbocycles. The first-order valence-electron chi connectivity index (χ1n) is 15.2. The van der Waals surface area contributed by atoms with Gasteiger partial charge in [-0.15, -0.1) is 0 Å². The predicted octanol–water partition coefficient (Wildman–Crippen LogP) is 2.59. The van der Waals surface area contributed by atoms with Crippen LogP contribution in [0.3, 0.4) is 0 Å². The first-order chi connectivity index (χ1) is 20.5. The van der Waals surface area contributed by atoms with Crippen LogP contribution in [0.1, 0.15) is 53.6 Å². The SMILES string of the molecule is O=C1CCC(N2Cc3cc(OC[C@H]4CCCCN4Cc4ccccc4OCCN4CCOCC4)ccc3C2=O)C(=O)N1. The number of hydrogen-bond donors (Lipinski definition) is 1. The van der Waals surface area contributed by atoms with Crippen LogP contribution in [0.2, 0.25) is 0 Å². The molecule has 4 aliphatic heterocycles. The van der Waals surface area contributed by atoms with Crippen LogP contribution in [0.25, 0.3) is 0 Å². The molecule has 2 atom stereocenters. The first-order valence-corrected chi connectivity index (χ1v) is 15.2. The van der Waals surface area contributed by atoms with Crippen molar-refractivity contribution in [2.24, 2.45) is 0 Å². The van der Waals surface area contributed by atoms with Crippen molar-refractivity contribution < 1.29 is 28.6 Å². The molecule has 6 rings (SSSR count). The zero-order valence-corrected chi connectivity index (χ0v) is 24.1. The molecule has 2 aromatic rings. The molecular weight excluding hydrogens is 536 g/mol. The van der Waals surface area contributed by atoms with Gasteiger partial charge in [-0.05, 0) is 55.6 Å². The normalized spacial score (nSPS) is 23.5. The van der Waals surface area contributed by atoms with Crippen LogP contribution in [-0.2, 0) is 27.4 Å². The van der Waals surface area contributed by atoms with Gasteiger partial charge in [-0.25, -0.2) is 0 Å². The van der Waals surface area contributed by atoms with Gasteiger partial charge in [0.05, 0.1) is 13.2 Å². The Hall–Kier alpha value is -3.47. The van der Waals surface area contributed by atoms with Crippen LogP contribution in [0.4, 0.5) is 0 Å². The quantitative estimate of drug-likeness (QED) is 0.431. The van der Waals surface area contributed by atoms with Gasteiger partial charge in [-0.2, -0.15) is 0 Å². The van der Waals surface area contributed by atoms with E-state index >= 15 is 0 Å². The van der Waals surface area contributed by atoms with E-state index in [0.717, 1.165) is 75.8 Å². The number of morpholine rings is 1. The average molecular weight is 577 g/mol. The summed E-state index contributed by atoms with van der Waals surface area (Å²) in [6.45, 7) is 7.77. The Bertz CT molecular complexity index is 1300. The number of nitrogens with one attached hydrogen (secondary N) is 1. The van der Waals surface area contributed by atoms with Crippen molar-refractivity contribution in [1.82, 2.24) is 20.0 Å². The highest BCUT2D eigenvalue weighted by molar-refractivity contribution is 6.05. The maximum atomic E-state index is 13.0. The predicted molar refractivity (Wildman–Crippen MR) is 155 cm³/mol. The van der Waals surface area contributed by atoms with Crippen molar-refractivity contribution in [2.75, 3.05) is 52.6 Å². The minimum Gasteiger partial charge on any atom is -0.492 e. The number of amides is 3. The summed E-state index contributed by atoms with van der Waals surface area (Å²) in [5, 5.41) is 2.35. The van der Waals surface area contributed by atoms with Gasteiger partial charge in [0, 0.05) is 56.3 Å². The molecule has 42 heavy (non-hydrogen) atoms. The Morgan fingerprint density at radius 1 is 0.952 bits per heavy atom. The van der Waals surface area contributed by atoms with Gasteiger partial charge in [0.1, 0.15) is 30.8 Å². The number of hydrogen-bond acceptors (Lipinski definition) is 8.